The molecule has 0 aliphatic carbocycles. The van der Waals surface area contributed by atoms with Crippen LogP contribution in [0.3, 0.4) is 0 Å². The fourth-order valence-corrected chi connectivity index (χ4v) is 2.61. The van der Waals surface area contributed by atoms with Gasteiger partial charge in [0.05, 0.1) is 18.5 Å². The second kappa shape index (κ2) is 8.13. The van der Waals surface area contributed by atoms with Crippen LogP contribution in [0.25, 0.3) is 11.5 Å². The SMILES string of the molecule is O=C(NCc1nccnc1-c1ccco1)c1cccc(Oc2ccccn2)c1. The molecule has 3 heterocycles. The highest BCUT2D eigenvalue weighted by atomic mass is 16.5. The smallest absolute Gasteiger partial charge is 0.251 e. The molecule has 0 fully saturated rings. The number of carbonyl (C=O) groups is 1. The number of nitrogens with one attached hydrogen (secondary N) is 1. The molecule has 28 heavy (non-hydrogen) atoms. The van der Waals surface area contributed by atoms with E-state index in [0.29, 0.717) is 34.3 Å². The summed E-state index contributed by atoms with van der Waals surface area (Å²) in [7, 11) is 0. The average Bonchev–Trinajstić information content (AvgIpc) is 3.28. The molecule has 7 heteroatoms. The van der Waals surface area contributed by atoms with Crippen molar-refractivity contribution in [3.8, 4) is 23.1 Å². The van der Waals surface area contributed by atoms with E-state index in [0.717, 1.165) is 0 Å². The van der Waals surface area contributed by atoms with Crippen LogP contribution in [-0.4, -0.2) is 20.9 Å². The lowest BCUT2D eigenvalue weighted by molar-refractivity contribution is 0.0950. The first kappa shape index (κ1) is 17.4. The third-order valence-corrected chi connectivity index (χ3v) is 3.90. The Balaban J connectivity index is 1.46. The standard InChI is InChI=1S/C21H16N4O3/c26-21(15-5-3-6-16(13-15)28-19-8-1-2-9-23-19)25-14-17-20(24-11-10-22-17)18-7-4-12-27-18/h1-13H,14H2,(H,25,26). The molecule has 1 N–H and O–H groups in total. The predicted octanol–water partition coefficient (Wildman–Crippen LogP) is 3.85. The Morgan fingerprint density at radius 3 is 2.71 bits per heavy atom. The van der Waals surface area contributed by atoms with Gasteiger partial charge in [0.1, 0.15) is 11.4 Å². The number of carbonyl (C=O) groups excluding carboxylic acids is 1. The minimum absolute atomic E-state index is 0.216. The summed E-state index contributed by atoms with van der Waals surface area (Å²) in [5.41, 5.74) is 1.68. The predicted molar refractivity (Wildman–Crippen MR) is 102 cm³/mol. The summed E-state index contributed by atoms with van der Waals surface area (Å²) in [6.07, 6.45) is 6.37. The van der Waals surface area contributed by atoms with Crippen molar-refractivity contribution >= 4 is 5.91 Å². The number of hydrogen-bond acceptors (Lipinski definition) is 6. The normalized spacial score (nSPS) is 10.4. The summed E-state index contributed by atoms with van der Waals surface area (Å²) in [5, 5.41) is 2.85. The number of aromatic nitrogens is 3. The van der Waals surface area contributed by atoms with E-state index < -0.39 is 0 Å². The van der Waals surface area contributed by atoms with Gasteiger partial charge in [-0.15, -0.1) is 0 Å². The molecule has 0 atom stereocenters. The van der Waals surface area contributed by atoms with Gasteiger partial charge in [0.15, 0.2) is 5.76 Å². The maximum atomic E-state index is 12.6. The Labute approximate surface area is 161 Å². The van der Waals surface area contributed by atoms with Crippen LogP contribution < -0.4 is 10.1 Å². The first-order valence-electron chi connectivity index (χ1n) is 8.60. The lowest BCUT2D eigenvalue weighted by atomic mass is 10.2. The van der Waals surface area contributed by atoms with Crippen LogP contribution in [0.1, 0.15) is 16.1 Å². The Hall–Kier alpha value is -4.00. The average molecular weight is 372 g/mol. The van der Waals surface area contributed by atoms with E-state index in [1.807, 2.05) is 6.07 Å². The number of amides is 1. The summed E-state index contributed by atoms with van der Waals surface area (Å²) in [6.45, 7) is 0.216. The van der Waals surface area contributed by atoms with E-state index >= 15 is 0 Å². The van der Waals surface area contributed by atoms with Gasteiger partial charge in [-0.1, -0.05) is 12.1 Å². The molecule has 1 aromatic carbocycles. The molecular formula is C21H16N4O3. The molecule has 4 rings (SSSR count). The third-order valence-electron chi connectivity index (χ3n) is 3.90. The molecule has 0 saturated carbocycles. The number of nitrogens with zero attached hydrogens (tertiary/aromatic N) is 3. The molecule has 4 aromatic rings. The van der Waals surface area contributed by atoms with Gasteiger partial charge in [0, 0.05) is 30.2 Å². The molecule has 138 valence electrons. The molecule has 0 aliphatic rings. The first-order chi connectivity index (χ1) is 13.8. The van der Waals surface area contributed by atoms with Crippen LogP contribution >= 0.6 is 0 Å². The molecule has 0 saturated heterocycles. The highest BCUT2D eigenvalue weighted by molar-refractivity contribution is 5.94. The number of pyridine rings is 1. The molecule has 0 unspecified atom stereocenters. The minimum atomic E-state index is -0.248. The number of benzene rings is 1. The second-order valence-electron chi connectivity index (χ2n) is 5.81. The Kier molecular flexibility index (Phi) is 5.06. The van der Waals surface area contributed by atoms with Crippen LogP contribution in [0.15, 0.2) is 83.9 Å². The fourth-order valence-electron chi connectivity index (χ4n) is 2.61. The van der Waals surface area contributed by atoms with E-state index in [1.54, 1.807) is 73.4 Å². The molecule has 0 radical (unpaired) electrons. The van der Waals surface area contributed by atoms with Gasteiger partial charge in [-0.2, -0.15) is 0 Å². The van der Waals surface area contributed by atoms with E-state index in [4.69, 9.17) is 9.15 Å². The van der Waals surface area contributed by atoms with Crippen molar-refractivity contribution in [1.82, 2.24) is 20.3 Å². The molecular weight excluding hydrogens is 356 g/mol. The molecule has 1 amide bonds. The van der Waals surface area contributed by atoms with Crippen molar-refractivity contribution in [1.29, 1.82) is 0 Å². The molecule has 3 aromatic heterocycles. The van der Waals surface area contributed by atoms with Crippen LogP contribution in [0.4, 0.5) is 0 Å². The van der Waals surface area contributed by atoms with Gasteiger partial charge in [0.2, 0.25) is 5.88 Å². The molecule has 0 spiro atoms. The number of rotatable bonds is 6. The van der Waals surface area contributed by atoms with E-state index in [9.17, 15) is 4.79 Å². The zero-order valence-corrected chi connectivity index (χ0v) is 14.8. The molecule has 0 bridgehead atoms. The first-order valence-corrected chi connectivity index (χ1v) is 8.60. The largest absolute Gasteiger partial charge is 0.463 e. The number of hydrogen-bond donors (Lipinski definition) is 1. The van der Waals surface area contributed by atoms with Crippen molar-refractivity contribution in [2.75, 3.05) is 0 Å². The highest BCUT2D eigenvalue weighted by Gasteiger charge is 2.13. The summed E-state index contributed by atoms with van der Waals surface area (Å²) >= 11 is 0. The van der Waals surface area contributed by atoms with Crippen molar-refractivity contribution in [3.63, 3.8) is 0 Å². The zero-order valence-electron chi connectivity index (χ0n) is 14.8. The van der Waals surface area contributed by atoms with Crippen molar-refractivity contribution in [3.05, 3.63) is 90.7 Å². The van der Waals surface area contributed by atoms with Gasteiger partial charge in [-0.25, -0.2) is 9.97 Å². The number of ether oxygens (including phenoxy) is 1. The van der Waals surface area contributed by atoms with Gasteiger partial charge in [-0.3, -0.25) is 9.78 Å². The van der Waals surface area contributed by atoms with Gasteiger partial charge < -0.3 is 14.5 Å². The van der Waals surface area contributed by atoms with E-state index in [-0.39, 0.29) is 12.5 Å². The lowest BCUT2D eigenvalue weighted by Gasteiger charge is -2.09. The fraction of sp³-hybridized carbons (Fsp3) is 0.0476. The highest BCUT2D eigenvalue weighted by Crippen LogP contribution is 2.21. The Morgan fingerprint density at radius 1 is 0.964 bits per heavy atom. The van der Waals surface area contributed by atoms with Gasteiger partial charge in [0.25, 0.3) is 5.91 Å². The maximum absolute atomic E-state index is 12.6. The summed E-state index contributed by atoms with van der Waals surface area (Å²) < 4.78 is 11.1. The van der Waals surface area contributed by atoms with Crippen LogP contribution in [-0.2, 0) is 6.54 Å². The van der Waals surface area contributed by atoms with Crippen molar-refractivity contribution < 1.29 is 13.9 Å². The van der Waals surface area contributed by atoms with Crippen LogP contribution in [0, 0.1) is 0 Å². The monoisotopic (exact) mass is 372 g/mol. The summed E-state index contributed by atoms with van der Waals surface area (Å²) in [5.74, 6) is 1.34. The summed E-state index contributed by atoms with van der Waals surface area (Å²) in [4.78, 5) is 25.3. The van der Waals surface area contributed by atoms with Gasteiger partial charge in [-0.05, 0) is 36.4 Å². The summed E-state index contributed by atoms with van der Waals surface area (Å²) in [6, 6.07) is 15.9. The molecule has 7 nitrogen and oxygen atoms in total. The quantitative estimate of drug-likeness (QED) is 0.553. The second-order valence-corrected chi connectivity index (χ2v) is 5.81. The van der Waals surface area contributed by atoms with Crippen LogP contribution in [0.5, 0.6) is 11.6 Å². The maximum Gasteiger partial charge on any atom is 0.251 e. The lowest BCUT2D eigenvalue weighted by Crippen LogP contribution is -2.23. The Bertz CT molecular complexity index is 1070. The Morgan fingerprint density at radius 2 is 1.89 bits per heavy atom. The third kappa shape index (κ3) is 4.04. The van der Waals surface area contributed by atoms with E-state index in [1.165, 1.54) is 0 Å². The number of furan rings is 1. The molecule has 0 aliphatic heterocycles. The zero-order chi connectivity index (χ0) is 19.2. The topological polar surface area (TPSA) is 90.1 Å². The van der Waals surface area contributed by atoms with Crippen LogP contribution in [0.2, 0.25) is 0 Å². The van der Waals surface area contributed by atoms with E-state index in [2.05, 4.69) is 20.3 Å². The van der Waals surface area contributed by atoms with Crippen molar-refractivity contribution in [2.24, 2.45) is 0 Å². The van der Waals surface area contributed by atoms with Gasteiger partial charge >= 0.3 is 0 Å². The minimum Gasteiger partial charge on any atom is -0.463 e. The van der Waals surface area contributed by atoms with Crippen molar-refractivity contribution in [2.45, 2.75) is 6.54 Å².